The molecule has 3 saturated carbocycles. The van der Waals surface area contributed by atoms with E-state index in [1.165, 1.54) is 45.1 Å². The molecule has 2 unspecified atom stereocenters. The van der Waals surface area contributed by atoms with Gasteiger partial charge in [0.25, 0.3) is 0 Å². The van der Waals surface area contributed by atoms with E-state index in [9.17, 15) is 5.11 Å². The van der Waals surface area contributed by atoms with Crippen molar-refractivity contribution in [1.82, 2.24) is 4.90 Å². The lowest BCUT2D eigenvalue weighted by atomic mass is 10.0. The van der Waals surface area contributed by atoms with Crippen LogP contribution in [0.15, 0.2) is 0 Å². The van der Waals surface area contributed by atoms with Crippen LogP contribution in [-0.2, 0) is 0 Å². The lowest BCUT2D eigenvalue weighted by Crippen LogP contribution is -2.52. The maximum atomic E-state index is 9.63. The van der Waals surface area contributed by atoms with Crippen LogP contribution >= 0.6 is 0 Å². The fourth-order valence-electron chi connectivity index (χ4n) is 2.80. The summed E-state index contributed by atoms with van der Waals surface area (Å²) in [5.74, 6) is 1.60. The third-order valence-electron chi connectivity index (χ3n) is 4.41. The van der Waals surface area contributed by atoms with Crippen LogP contribution < -0.4 is 5.73 Å². The van der Waals surface area contributed by atoms with Crippen LogP contribution in [0.1, 0.15) is 38.5 Å². The van der Waals surface area contributed by atoms with Crippen molar-refractivity contribution in [2.75, 3.05) is 13.2 Å². The zero-order chi connectivity index (χ0) is 11.1. The summed E-state index contributed by atoms with van der Waals surface area (Å²) in [6.45, 7) is 1.44. The van der Waals surface area contributed by atoms with Crippen LogP contribution in [0.3, 0.4) is 0 Å². The van der Waals surface area contributed by atoms with E-state index in [0.717, 1.165) is 12.0 Å². The van der Waals surface area contributed by atoms with Gasteiger partial charge in [-0.05, 0) is 50.4 Å². The van der Waals surface area contributed by atoms with Gasteiger partial charge in [-0.3, -0.25) is 4.90 Å². The first-order chi connectivity index (χ1) is 7.79. The van der Waals surface area contributed by atoms with Crippen LogP contribution in [0.2, 0.25) is 0 Å². The Bertz CT molecular complexity index is 246. The average molecular weight is 224 g/mol. The highest BCUT2D eigenvalue weighted by Crippen LogP contribution is 2.39. The van der Waals surface area contributed by atoms with E-state index in [4.69, 9.17) is 5.73 Å². The zero-order valence-corrected chi connectivity index (χ0v) is 10.0. The Balaban J connectivity index is 1.63. The largest absolute Gasteiger partial charge is 0.395 e. The fraction of sp³-hybridized carbons (Fsp3) is 1.00. The summed E-state index contributed by atoms with van der Waals surface area (Å²) in [5.41, 5.74) is 6.29. The van der Waals surface area contributed by atoms with E-state index in [0.29, 0.717) is 5.92 Å². The average Bonchev–Trinajstić information content (AvgIpc) is 3.17. The number of aliphatic hydroxyl groups excluding tert-OH is 1. The standard InChI is InChI=1S/C13H24N2O/c14-13(10-3-4-10)12(8-16)15(11-5-6-11)7-9-1-2-9/h9-13,16H,1-8,14H2. The summed E-state index contributed by atoms with van der Waals surface area (Å²) in [7, 11) is 0. The summed E-state index contributed by atoms with van der Waals surface area (Å²) < 4.78 is 0. The van der Waals surface area contributed by atoms with E-state index < -0.39 is 0 Å². The predicted octanol–water partition coefficient (Wildman–Crippen LogP) is 0.959. The molecule has 16 heavy (non-hydrogen) atoms. The van der Waals surface area contributed by atoms with Gasteiger partial charge in [-0.25, -0.2) is 0 Å². The van der Waals surface area contributed by atoms with Gasteiger partial charge in [0.1, 0.15) is 0 Å². The predicted molar refractivity (Wildman–Crippen MR) is 64.0 cm³/mol. The molecule has 0 aliphatic heterocycles. The minimum absolute atomic E-state index is 0.212. The molecule has 0 amide bonds. The van der Waals surface area contributed by atoms with Crippen molar-refractivity contribution >= 4 is 0 Å². The third-order valence-corrected chi connectivity index (χ3v) is 4.41. The van der Waals surface area contributed by atoms with Crippen LogP contribution in [0, 0.1) is 11.8 Å². The van der Waals surface area contributed by atoms with Crippen molar-refractivity contribution < 1.29 is 5.11 Å². The molecule has 92 valence electrons. The first-order valence-electron chi connectivity index (χ1n) is 6.91. The Hall–Kier alpha value is -0.120. The molecule has 0 radical (unpaired) electrons. The maximum absolute atomic E-state index is 9.63. The van der Waals surface area contributed by atoms with E-state index in [2.05, 4.69) is 4.90 Å². The van der Waals surface area contributed by atoms with Gasteiger partial charge in [0.15, 0.2) is 0 Å². The maximum Gasteiger partial charge on any atom is 0.0602 e. The molecule has 3 heteroatoms. The van der Waals surface area contributed by atoms with E-state index in [1.54, 1.807) is 0 Å². The van der Waals surface area contributed by atoms with Gasteiger partial charge in [0.05, 0.1) is 6.61 Å². The number of rotatable bonds is 7. The molecule has 3 rings (SSSR count). The number of nitrogens with two attached hydrogens (primary N) is 1. The molecule has 3 aliphatic carbocycles. The van der Waals surface area contributed by atoms with Crippen LogP contribution in [-0.4, -0.2) is 41.3 Å². The van der Waals surface area contributed by atoms with E-state index in [1.807, 2.05) is 0 Å². The fourth-order valence-corrected chi connectivity index (χ4v) is 2.80. The zero-order valence-electron chi connectivity index (χ0n) is 10.0. The highest BCUT2D eigenvalue weighted by atomic mass is 16.3. The second-order valence-corrected chi connectivity index (χ2v) is 6.04. The molecule has 0 spiro atoms. The molecule has 3 N–H and O–H groups in total. The summed E-state index contributed by atoms with van der Waals surface area (Å²) in [4.78, 5) is 2.54. The van der Waals surface area contributed by atoms with Crippen molar-refractivity contribution in [3.8, 4) is 0 Å². The molecule has 0 heterocycles. The first-order valence-corrected chi connectivity index (χ1v) is 6.91. The Morgan fingerprint density at radius 1 is 1.12 bits per heavy atom. The summed E-state index contributed by atoms with van der Waals surface area (Å²) in [6, 6.07) is 1.19. The van der Waals surface area contributed by atoms with Crippen LogP contribution in [0.5, 0.6) is 0 Å². The molecule has 3 aliphatic rings. The lowest BCUT2D eigenvalue weighted by molar-refractivity contribution is 0.0872. The van der Waals surface area contributed by atoms with Crippen molar-refractivity contribution in [2.24, 2.45) is 17.6 Å². The van der Waals surface area contributed by atoms with Crippen LogP contribution in [0.4, 0.5) is 0 Å². The quantitative estimate of drug-likeness (QED) is 0.677. The minimum atomic E-state index is 0.212. The molecule has 2 atom stereocenters. The van der Waals surface area contributed by atoms with Crippen molar-refractivity contribution in [2.45, 2.75) is 56.7 Å². The molecule has 0 aromatic carbocycles. The molecular formula is C13H24N2O. The highest BCUT2D eigenvalue weighted by Gasteiger charge is 2.42. The Kier molecular flexibility index (Phi) is 2.94. The van der Waals surface area contributed by atoms with Crippen molar-refractivity contribution in [3.05, 3.63) is 0 Å². The number of nitrogens with zero attached hydrogens (tertiary/aromatic N) is 1. The highest BCUT2D eigenvalue weighted by molar-refractivity contribution is 4.99. The second-order valence-electron chi connectivity index (χ2n) is 6.04. The number of aliphatic hydroxyl groups is 1. The van der Waals surface area contributed by atoms with Gasteiger partial charge in [-0.2, -0.15) is 0 Å². The Morgan fingerprint density at radius 3 is 2.25 bits per heavy atom. The molecular weight excluding hydrogens is 200 g/mol. The summed E-state index contributed by atoms with van der Waals surface area (Å²) in [5, 5.41) is 9.63. The summed E-state index contributed by atoms with van der Waals surface area (Å²) in [6.07, 6.45) is 7.97. The molecule has 0 saturated heterocycles. The molecule has 0 bridgehead atoms. The topological polar surface area (TPSA) is 49.5 Å². The SMILES string of the molecule is NC(C1CC1)C(CO)N(CC1CC1)C1CC1. The second kappa shape index (κ2) is 4.28. The molecule has 3 nitrogen and oxygen atoms in total. The van der Waals surface area contributed by atoms with Gasteiger partial charge >= 0.3 is 0 Å². The van der Waals surface area contributed by atoms with Crippen molar-refractivity contribution in [3.63, 3.8) is 0 Å². The van der Waals surface area contributed by atoms with Crippen molar-refractivity contribution in [1.29, 1.82) is 0 Å². The van der Waals surface area contributed by atoms with Gasteiger partial charge in [-0.1, -0.05) is 0 Å². The normalized spacial score (nSPS) is 29.4. The van der Waals surface area contributed by atoms with Crippen LogP contribution in [0.25, 0.3) is 0 Å². The third kappa shape index (κ3) is 2.41. The smallest absolute Gasteiger partial charge is 0.0602 e. The molecule has 0 aromatic rings. The molecule has 0 aromatic heterocycles. The molecule has 3 fully saturated rings. The monoisotopic (exact) mass is 224 g/mol. The number of hydrogen-bond donors (Lipinski definition) is 2. The van der Waals surface area contributed by atoms with E-state index >= 15 is 0 Å². The Morgan fingerprint density at radius 2 is 1.81 bits per heavy atom. The Labute approximate surface area is 98.0 Å². The van der Waals surface area contributed by atoms with Gasteiger partial charge in [0, 0.05) is 24.7 Å². The van der Waals surface area contributed by atoms with Gasteiger partial charge in [-0.15, -0.1) is 0 Å². The van der Waals surface area contributed by atoms with Gasteiger partial charge in [0.2, 0.25) is 0 Å². The lowest BCUT2D eigenvalue weighted by Gasteiger charge is -2.34. The minimum Gasteiger partial charge on any atom is -0.395 e. The van der Waals surface area contributed by atoms with Gasteiger partial charge < -0.3 is 10.8 Å². The summed E-state index contributed by atoms with van der Waals surface area (Å²) >= 11 is 0. The first kappa shape index (κ1) is 11.0. The van der Waals surface area contributed by atoms with E-state index in [-0.39, 0.29) is 18.7 Å². The number of hydrogen-bond acceptors (Lipinski definition) is 3.